The van der Waals surface area contributed by atoms with E-state index in [1.165, 1.54) is 13.8 Å². The molecule has 2 aliphatic rings. The van der Waals surface area contributed by atoms with E-state index in [-0.39, 0.29) is 11.9 Å². The van der Waals surface area contributed by atoms with Gasteiger partial charge >= 0.3 is 11.9 Å². The summed E-state index contributed by atoms with van der Waals surface area (Å²) >= 11 is 0. The molecule has 0 saturated carbocycles. The average molecular weight is 419 g/mol. The first-order valence-electron chi connectivity index (χ1n) is 9.83. The Bertz CT molecular complexity index is 1020. The smallest absolute Gasteiger partial charge is 0.308 e. The normalized spacial score (nSPS) is 18.7. The van der Waals surface area contributed by atoms with Crippen LogP contribution in [0.1, 0.15) is 31.4 Å². The summed E-state index contributed by atoms with van der Waals surface area (Å²) in [6, 6.07) is 13.0. The topological polar surface area (TPSA) is 90.9 Å². The van der Waals surface area contributed by atoms with E-state index in [0.29, 0.717) is 34.8 Å². The van der Waals surface area contributed by atoms with Crippen molar-refractivity contribution in [2.75, 3.05) is 0 Å². The maximum atomic E-state index is 13.4. The molecule has 1 unspecified atom stereocenters. The van der Waals surface area contributed by atoms with E-state index in [1.807, 2.05) is 18.2 Å². The first-order chi connectivity index (χ1) is 14.9. The van der Waals surface area contributed by atoms with Crippen LogP contribution >= 0.6 is 0 Å². The highest BCUT2D eigenvalue weighted by atomic mass is 16.5. The van der Waals surface area contributed by atoms with Crippen molar-refractivity contribution in [1.29, 1.82) is 0 Å². The third kappa shape index (κ3) is 3.94. The minimum absolute atomic E-state index is 0.230. The summed E-state index contributed by atoms with van der Waals surface area (Å²) in [5, 5.41) is 3.05. The van der Waals surface area contributed by atoms with Crippen molar-refractivity contribution in [3.63, 3.8) is 0 Å². The van der Waals surface area contributed by atoms with Crippen LogP contribution in [0.25, 0.3) is 0 Å². The molecule has 1 aliphatic carbocycles. The number of fused-ring (bicyclic) bond motifs is 1. The van der Waals surface area contributed by atoms with Gasteiger partial charge in [-0.3, -0.25) is 14.4 Å². The van der Waals surface area contributed by atoms with Crippen LogP contribution < -0.4 is 14.8 Å². The highest BCUT2D eigenvalue weighted by molar-refractivity contribution is 5.92. The Kier molecular flexibility index (Phi) is 5.33. The second kappa shape index (κ2) is 8.10. The summed E-state index contributed by atoms with van der Waals surface area (Å²) < 4.78 is 16.6. The van der Waals surface area contributed by atoms with Crippen LogP contribution in [-0.2, 0) is 24.7 Å². The lowest BCUT2D eigenvalue weighted by molar-refractivity contribution is -0.145. The van der Waals surface area contributed by atoms with Gasteiger partial charge in [-0.05, 0) is 36.8 Å². The van der Waals surface area contributed by atoms with Gasteiger partial charge in [0.1, 0.15) is 17.3 Å². The van der Waals surface area contributed by atoms with Gasteiger partial charge in [0.15, 0.2) is 0 Å². The molecule has 158 valence electrons. The van der Waals surface area contributed by atoms with E-state index in [4.69, 9.17) is 14.2 Å². The fraction of sp³-hybridized carbons (Fsp3) is 0.208. The van der Waals surface area contributed by atoms with Crippen molar-refractivity contribution >= 4 is 17.8 Å². The number of rotatable bonds is 4. The van der Waals surface area contributed by atoms with E-state index in [0.717, 1.165) is 0 Å². The van der Waals surface area contributed by atoms with E-state index in [9.17, 15) is 14.4 Å². The molecule has 4 rings (SSSR count). The lowest BCUT2D eigenvalue weighted by atomic mass is 9.82. The number of amides is 1. The predicted octanol–water partition coefficient (Wildman–Crippen LogP) is 3.14. The number of esters is 2. The largest absolute Gasteiger partial charge is 0.470 e. The lowest BCUT2D eigenvalue weighted by Crippen LogP contribution is -2.56. The molecule has 2 aromatic rings. The fourth-order valence-electron chi connectivity index (χ4n) is 3.72. The predicted molar refractivity (Wildman–Crippen MR) is 111 cm³/mol. The summed E-state index contributed by atoms with van der Waals surface area (Å²) in [5.41, 5.74) is -0.332. The van der Waals surface area contributed by atoms with Gasteiger partial charge in [0, 0.05) is 25.0 Å². The molecular formula is C24H21NO6. The van der Waals surface area contributed by atoms with Crippen LogP contribution in [0.2, 0.25) is 0 Å². The summed E-state index contributed by atoms with van der Waals surface area (Å²) in [4.78, 5) is 35.9. The maximum Gasteiger partial charge on any atom is 0.308 e. The standard InChI is InChI=1S/C24H21NO6/c1-15(26)29-19-11-7-17(8-12-19)24(18-9-13-20(14-10-18)30-16(2)27)23(28)25-21-5-3-4-6-22(21)31-24/h3-4,6-14,21H,5H2,1-2H3,(H,25,28). The minimum atomic E-state index is -1.46. The number of allylic oxidation sites excluding steroid dienone is 2. The van der Waals surface area contributed by atoms with Gasteiger partial charge in [0.25, 0.3) is 5.91 Å². The molecule has 0 spiro atoms. The molecule has 1 saturated heterocycles. The van der Waals surface area contributed by atoms with E-state index in [2.05, 4.69) is 5.32 Å². The van der Waals surface area contributed by atoms with Crippen molar-refractivity contribution in [2.45, 2.75) is 31.9 Å². The molecule has 0 radical (unpaired) electrons. The number of carbonyl (C=O) groups is 3. The van der Waals surface area contributed by atoms with Crippen LogP contribution in [0.5, 0.6) is 11.5 Å². The van der Waals surface area contributed by atoms with Crippen LogP contribution in [0.4, 0.5) is 0 Å². The molecule has 0 bridgehead atoms. The molecule has 2 aromatic carbocycles. The van der Waals surface area contributed by atoms with Crippen molar-refractivity contribution in [3.8, 4) is 11.5 Å². The van der Waals surface area contributed by atoms with Gasteiger partial charge < -0.3 is 19.5 Å². The zero-order chi connectivity index (χ0) is 22.0. The van der Waals surface area contributed by atoms with Gasteiger partial charge in [-0.2, -0.15) is 0 Å². The monoisotopic (exact) mass is 419 g/mol. The molecule has 1 fully saturated rings. The van der Waals surface area contributed by atoms with Gasteiger partial charge in [-0.15, -0.1) is 0 Å². The number of nitrogens with one attached hydrogen (secondary N) is 1. The van der Waals surface area contributed by atoms with Crippen LogP contribution in [0.15, 0.2) is 72.5 Å². The Labute approximate surface area is 179 Å². The van der Waals surface area contributed by atoms with E-state index < -0.39 is 17.5 Å². The number of carbonyl (C=O) groups excluding carboxylic acids is 3. The SMILES string of the molecule is CC(=O)Oc1ccc(C2(c3ccc(OC(C)=O)cc3)OC3=CC=CCC3NC2=O)cc1. The van der Waals surface area contributed by atoms with Crippen LogP contribution in [0, 0.1) is 0 Å². The summed E-state index contributed by atoms with van der Waals surface area (Å²) in [5.74, 6) is 0.200. The van der Waals surface area contributed by atoms with Crippen molar-refractivity contribution in [2.24, 2.45) is 0 Å². The number of morpholine rings is 1. The first kappa shape index (κ1) is 20.4. The number of hydrogen-bond donors (Lipinski definition) is 1. The van der Waals surface area contributed by atoms with Crippen molar-refractivity contribution in [3.05, 3.63) is 83.6 Å². The lowest BCUT2D eigenvalue weighted by Gasteiger charge is -2.42. The Morgan fingerprint density at radius 1 is 0.935 bits per heavy atom. The summed E-state index contributed by atoms with van der Waals surface area (Å²) in [6.07, 6.45) is 6.33. The third-order valence-electron chi connectivity index (χ3n) is 5.05. The Hall–Kier alpha value is -3.87. The van der Waals surface area contributed by atoms with Crippen molar-refractivity contribution < 1.29 is 28.6 Å². The molecule has 7 nitrogen and oxygen atoms in total. The second-order valence-corrected chi connectivity index (χ2v) is 7.28. The molecular weight excluding hydrogens is 398 g/mol. The molecule has 31 heavy (non-hydrogen) atoms. The minimum Gasteiger partial charge on any atom is -0.470 e. The molecule has 1 aliphatic heterocycles. The molecule has 1 atom stereocenters. The number of ether oxygens (including phenoxy) is 3. The molecule has 1 amide bonds. The Morgan fingerprint density at radius 3 is 1.94 bits per heavy atom. The second-order valence-electron chi connectivity index (χ2n) is 7.28. The Balaban J connectivity index is 1.80. The van der Waals surface area contributed by atoms with Gasteiger partial charge in [0.2, 0.25) is 5.60 Å². The quantitative estimate of drug-likeness (QED) is 0.605. The third-order valence-corrected chi connectivity index (χ3v) is 5.05. The molecule has 1 heterocycles. The number of hydrogen-bond acceptors (Lipinski definition) is 6. The summed E-state index contributed by atoms with van der Waals surface area (Å²) in [7, 11) is 0. The summed E-state index contributed by atoms with van der Waals surface area (Å²) in [6.45, 7) is 2.64. The number of benzene rings is 2. The van der Waals surface area contributed by atoms with Gasteiger partial charge in [-0.25, -0.2) is 0 Å². The van der Waals surface area contributed by atoms with Crippen LogP contribution in [0.3, 0.4) is 0 Å². The van der Waals surface area contributed by atoms with E-state index in [1.54, 1.807) is 48.5 Å². The highest BCUT2D eigenvalue weighted by Gasteiger charge is 2.50. The van der Waals surface area contributed by atoms with E-state index >= 15 is 0 Å². The first-order valence-corrected chi connectivity index (χ1v) is 9.83. The highest BCUT2D eigenvalue weighted by Crippen LogP contribution is 2.41. The van der Waals surface area contributed by atoms with Gasteiger partial charge in [-0.1, -0.05) is 36.4 Å². The van der Waals surface area contributed by atoms with Gasteiger partial charge in [0.05, 0.1) is 6.04 Å². The average Bonchev–Trinajstić information content (AvgIpc) is 2.74. The zero-order valence-electron chi connectivity index (χ0n) is 17.1. The maximum absolute atomic E-state index is 13.4. The fourth-order valence-corrected chi connectivity index (χ4v) is 3.72. The zero-order valence-corrected chi connectivity index (χ0v) is 17.1. The molecule has 0 aromatic heterocycles. The van der Waals surface area contributed by atoms with Crippen molar-refractivity contribution in [1.82, 2.24) is 5.32 Å². The van der Waals surface area contributed by atoms with Crippen LogP contribution in [-0.4, -0.2) is 23.9 Å². The molecule has 1 N–H and O–H groups in total. The molecule has 7 heteroatoms. The Morgan fingerprint density at radius 2 is 1.45 bits per heavy atom.